The van der Waals surface area contributed by atoms with Gasteiger partial charge in [0.2, 0.25) is 0 Å². The Bertz CT molecular complexity index is 1240. The summed E-state index contributed by atoms with van der Waals surface area (Å²) in [7, 11) is 1.62. The molecule has 0 saturated heterocycles. The van der Waals surface area contributed by atoms with Gasteiger partial charge in [-0.25, -0.2) is 5.01 Å². The van der Waals surface area contributed by atoms with Crippen molar-refractivity contribution < 1.29 is 14.3 Å². The fraction of sp³-hybridized carbons (Fsp3) is 0.250. The van der Waals surface area contributed by atoms with Crippen molar-refractivity contribution in [3.8, 4) is 11.5 Å². The molecule has 0 aliphatic carbocycles. The lowest BCUT2D eigenvalue weighted by atomic mass is 9.92. The minimum Gasteiger partial charge on any atom is -0.493 e. The highest BCUT2D eigenvalue weighted by atomic mass is 32.1. The Morgan fingerprint density at radius 2 is 2.19 bits per heavy atom. The first-order valence-corrected chi connectivity index (χ1v) is 11.2. The van der Waals surface area contributed by atoms with Crippen molar-refractivity contribution in [1.29, 1.82) is 0 Å². The number of rotatable bonds is 3. The zero-order valence-corrected chi connectivity index (χ0v) is 18.0. The Labute approximate surface area is 184 Å². The minimum atomic E-state index is -1.37. The number of carbonyl (C=O) groups excluding carboxylic acids is 1. The molecule has 6 rings (SSSR count). The Kier molecular flexibility index (Phi) is 3.92. The largest absolute Gasteiger partial charge is 0.493 e. The predicted molar refractivity (Wildman–Crippen MR) is 120 cm³/mol. The molecule has 0 fully saturated rings. The molecule has 1 spiro atoms. The van der Waals surface area contributed by atoms with E-state index in [9.17, 15) is 4.79 Å². The molecule has 3 aliphatic rings. The van der Waals surface area contributed by atoms with Crippen LogP contribution in [0.2, 0.25) is 0 Å². The average molecular weight is 432 g/mol. The molecule has 2 atom stereocenters. The third-order valence-electron chi connectivity index (χ3n) is 6.29. The smallest absolute Gasteiger partial charge is 0.306 e. The van der Waals surface area contributed by atoms with Crippen LogP contribution >= 0.6 is 11.3 Å². The summed E-state index contributed by atoms with van der Waals surface area (Å²) in [6.07, 6.45) is 1.56. The van der Waals surface area contributed by atoms with Crippen molar-refractivity contribution in [3.63, 3.8) is 0 Å². The predicted octanol–water partition coefficient (Wildman–Crippen LogP) is 4.67. The van der Waals surface area contributed by atoms with Crippen LogP contribution in [-0.2, 0) is 16.9 Å². The van der Waals surface area contributed by atoms with E-state index >= 15 is 0 Å². The normalized spacial score (nSPS) is 23.0. The summed E-state index contributed by atoms with van der Waals surface area (Å²) in [5.41, 5.74) is 3.28. The highest BCUT2D eigenvalue weighted by molar-refractivity contribution is 7.12. The van der Waals surface area contributed by atoms with Gasteiger partial charge in [-0.2, -0.15) is 5.10 Å². The van der Waals surface area contributed by atoms with Gasteiger partial charge in [0.25, 0.3) is 5.91 Å². The molecule has 3 aliphatic heterocycles. The molecule has 6 nitrogen and oxygen atoms in total. The molecule has 0 saturated carbocycles. The van der Waals surface area contributed by atoms with Gasteiger partial charge in [-0.1, -0.05) is 31.2 Å². The van der Waals surface area contributed by atoms with E-state index in [1.165, 1.54) is 0 Å². The molecular weight excluding hydrogens is 410 g/mol. The summed E-state index contributed by atoms with van der Waals surface area (Å²) in [4.78, 5) is 14.7. The van der Waals surface area contributed by atoms with E-state index in [0.717, 1.165) is 39.4 Å². The molecule has 4 heterocycles. The monoisotopic (exact) mass is 431 g/mol. The van der Waals surface area contributed by atoms with Crippen molar-refractivity contribution in [2.24, 2.45) is 5.10 Å². The number of aryl methyl sites for hydroxylation is 1. The number of fused-ring (bicyclic) bond motifs is 6. The van der Waals surface area contributed by atoms with Gasteiger partial charge in [0.05, 0.1) is 35.0 Å². The number of hydrogen-bond donors (Lipinski definition) is 1. The van der Waals surface area contributed by atoms with Gasteiger partial charge in [-0.3, -0.25) is 4.79 Å². The van der Waals surface area contributed by atoms with Crippen molar-refractivity contribution in [2.75, 3.05) is 12.4 Å². The number of benzene rings is 2. The highest BCUT2D eigenvalue weighted by Gasteiger charge is 2.61. The molecule has 0 radical (unpaired) electrons. The lowest BCUT2D eigenvalue weighted by Crippen LogP contribution is -2.55. The zero-order valence-electron chi connectivity index (χ0n) is 17.2. The van der Waals surface area contributed by atoms with Crippen LogP contribution in [-0.4, -0.2) is 23.7 Å². The van der Waals surface area contributed by atoms with Crippen molar-refractivity contribution in [1.82, 2.24) is 5.01 Å². The van der Waals surface area contributed by atoms with E-state index in [0.29, 0.717) is 17.9 Å². The number of hydrogen-bond acceptors (Lipinski definition) is 6. The Morgan fingerprint density at radius 1 is 1.29 bits per heavy atom. The van der Waals surface area contributed by atoms with Crippen LogP contribution in [0.1, 0.15) is 41.0 Å². The van der Waals surface area contributed by atoms with Crippen LogP contribution in [0.5, 0.6) is 11.5 Å². The lowest BCUT2D eigenvalue weighted by Gasteiger charge is -2.44. The molecule has 156 valence electrons. The van der Waals surface area contributed by atoms with E-state index in [-0.39, 0.29) is 11.9 Å². The first-order chi connectivity index (χ1) is 15.2. The van der Waals surface area contributed by atoms with Gasteiger partial charge < -0.3 is 14.8 Å². The highest BCUT2D eigenvalue weighted by Crippen LogP contribution is 2.56. The van der Waals surface area contributed by atoms with Crippen molar-refractivity contribution in [3.05, 3.63) is 75.5 Å². The summed E-state index contributed by atoms with van der Waals surface area (Å²) >= 11 is 1.65. The quantitative estimate of drug-likeness (QED) is 0.655. The SMILES string of the molecule is CCc1ccc2c(c1)[C@]1(Oc3c(OC)cccc3[C@@H]3CC(c4cccs4)=NN31)C(=O)N2. The second-order valence-corrected chi connectivity index (χ2v) is 8.85. The molecule has 1 aromatic heterocycles. The topological polar surface area (TPSA) is 63.2 Å². The number of carbonyl (C=O) groups is 1. The number of para-hydroxylation sites is 1. The molecule has 1 N–H and O–H groups in total. The maximum Gasteiger partial charge on any atom is 0.306 e. The maximum atomic E-state index is 13.6. The van der Waals surface area contributed by atoms with Crippen LogP contribution in [0.25, 0.3) is 0 Å². The summed E-state index contributed by atoms with van der Waals surface area (Å²) in [6.45, 7) is 2.10. The van der Waals surface area contributed by atoms with Crippen LogP contribution in [0.4, 0.5) is 5.69 Å². The Balaban J connectivity index is 1.61. The molecule has 31 heavy (non-hydrogen) atoms. The summed E-state index contributed by atoms with van der Waals surface area (Å²) < 4.78 is 12.2. The molecule has 1 amide bonds. The van der Waals surface area contributed by atoms with Crippen LogP contribution in [0.15, 0.2) is 59.0 Å². The van der Waals surface area contributed by atoms with Gasteiger partial charge in [0.15, 0.2) is 11.5 Å². The van der Waals surface area contributed by atoms with Crippen molar-refractivity contribution >= 4 is 28.6 Å². The lowest BCUT2D eigenvalue weighted by molar-refractivity contribution is -0.161. The van der Waals surface area contributed by atoms with E-state index in [2.05, 4.69) is 24.4 Å². The minimum absolute atomic E-state index is 0.127. The van der Waals surface area contributed by atoms with Crippen LogP contribution in [0, 0.1) is 0 Å². The Morgan fingerprint density at radius 3 is 2.97 bits per heavy atom. The number of thiophene rings is 1. The standard InChI is InChI=1S/C24H21N3O3S/c1-3-14-9-10-17-16(12-14)24(23(28)25-17)27-19(13-18(26-27)21-8-5-11-31-21)15-6-4-7-20(29-2)22(15)30-24/h4-12,19H,3,13H2,1-2H3,(H,25,28)/t19-,24-/m0/s1. The number of amides is 1. The average Bonchev–Trinajstić information content (AvgIpc) is 3.52. The second-order valence-electron chi connectivity index (χ2n) is 7.90. The second kappa shape index (κ2) is 6.59. The van der Waals surface area contributed by atoms with Gasteiger partial charge in [0, 0.05) is 12.0 Å². The number of hydrazone groups is 1. The zero-order chi connectivity index (χ0) is 21.2. The summed E-state index contributed by atoms with van der Waals surface area (Å²) in [5, 5.41) is 11.9. The van der Waals surface area contributed by atoms with E-state index < -0.39 is 5.72 Å². The third-order valence-corrected chi connectivity index (χ3v) is 7.21. The van der Waals surface area contributed by atoms with E-state index in [4.69, 9.17) is 14.6 Å². The molecule has 2 aromatic carbocycles. The summed E-state index contributed by atoms with van der Waals surface area (Å²) in [5.74, 6) is 1.00. The number of nitrogens with zero attached hydrogens (tertiary/aromatic N) is 2. The van der Waals surface area contributed by atoms with Gasteiger partial charge in [-0.15, -0.1) is 11.3 Å². The number of anilines is 1. The first-order valence-electron chi connectivity index (χ1n) is 10.4. The molecular formula is C24H21N3O3S. The van der Waals surface area contributed by atoms with Crippen LogP contribution in [0.3, 0.4) is 0 Å². The molecule has 0 unspecified atom stereocenters. The summed E-state index contributed by atoms with van der Waals surface area (Å²) in [6, 6.07) is 15.9. The van der Waals surface area contributed by atoms with Crippen LogP contribution < -0.4 is 14.8 Å². The van der Waals surface area contributed by atoms with E-state index in [1.54, 1.807) is 18.4 Å². The number of methoxy groups -OCH3 is 1. The fourth-order valence-corrected chi connectivity index (χ4v) is 5.47. The van der Waals surface area contributed by atoms with Gasteiger partial charge >= 0.3 is 5.72 Å². The van der Waals surface area contributed by atoms with Gasteiger partial charge in [0.1, 0.15) is 0 Å². The van der Waals surface area contributed by atoms with Crippen molar-refractivity contribution in [2.45, 2.75) is 31.5 Å². The maximum absolute atomic E-state index is 13.6. The first kappa shape index (κ1) is 18.4. The molecule has 3 aromatic rings. The van der Waals surface area contributed by atoms with Gasteiger partial charge in [-0.05, 0) is 41.6 Å². The number of ether oxygens (including phenoxy) is 2. The molecule has 7 heteroatoms. The van der Waals surface area contributed by atoms with E-state index in [1.807, 2.05) is 46.8 Å². The number of nitrogens with one attached hydrogen (secondary N) is 1. The Hall–Kier alpha value is -3.32. The third kappa shape index (κ3) is 2.44. The molecule has 0 bridgehead atoms. The fourth-order valence-electron chi connectivity index (χ4n) is 4.75.